The first kappa shape index (κ1) is 15.3. The Balaban J connectivity index is 4.36. The Hall–Kier alpha value is -0.720. The molecule has 4 N–H and O–H groups in total. The van der Waals surface area contributed by atoms with E-state index in [4.69, 9.17) is 28.4 Å². The Kier molecular flexibility index (Phi) is 8.05. The number of hydrogen-bond donors (Lipinski definition) is 2. The Labute approximate surface area is 102 Å². The normalized spacial score (nSPS) is 12.7. The molecule has 0 fully saturated rings. The second-order valence-electron chi connectivity index (χ2n) is 3.57. The van der Waals surface area contributed by atoms with Crippen LogP contribution >= 0.6 is 12.2 Å². The summed E-state index contributed by atoms with van der Waals surface area (Å²) >= 11 is 4.82. The molecule has 0 aromatic carbocycles. The number of thiocarbonyl (C=S) groups is 1. The minimum atomic E-state index is -0.318. The topological polar surface area (TPSA) is 81.6 Å². The molecule has 0 aliphatic heterocycles. The van der Waals surface area contributed by atoms with Crippen molar-refractivity contribution in [3.8, 4) is 0 Å². The summed E-state index contributed by atoms with van der Waals surface area (Å²) < 4.78 is 5.00. The van der Waals surface area contributed by atoms with Crippen molar-refractivity contribution in [3.63, 3.8) is 0 Å². The maximum atomic E-state index is 11.3. The van der Waals surface area contributed by atoms with Gasteiger partial charge in [-0.2, -0.15) is 0 Å². The highest BCUT2D eigenvalue weighted by Crippen LogP contribution is 2.05. The largest absolute Gasteiger partial charge is 0.393 e. The van der Waals surface area contributed by atoms with E-state index < -0.39 is 0 Å². The smallest absolute Gasteiger partial charge is 0.234 e. The highest BCUT2D eigenvalue weighted by Gasteiger charge is 2.21. The third kappa shape index (κ3) is 5.99. The number of rotatable bonds is 9. The molecule has 94 valence electrons. The molecular weight excluding hydrogens is 226 g/mol. The van der Waals surface area contributed by atoms with Gasteiger partial charge in [0.2, 0.25) is 5.91 Å². The van der Waals surface area contributed by atoms with Crippen molar-refractivity contribution in [2.75, 3.05) is 26.8 Å². The van der Waals surface area contributed by atoms with Gasteiger partial charge in [-0.3, -0.25) is 9.69 Å². The molecule has 0 spiro atoms. The average Bonchev–Trinajstić information content (AvgIpc) is 2.21. The lowest BCUT2D eigenvalue weighted by Crippen LogP contribution is -2.46. The molecule has 0 saturated heterocycles. The van der Waals surface area contributed by atoms with E-state index in [1.807, 2.05) is 11.8 Å². The number of nitrogens with zero attached hydrogens (tertiary/aromatic N) is 1. The van der Waals surface area contributed by atoms with Crippen molar-refractivity contribution < 1.29 is 9.53 Å². The summed E-state index contributed by atoms with van der Waals surface area (Å²) in [6, 6.07) is -0.274. The second-order valence-corrected chi connectivity index (χ2v) is 4.10. The van der Waals surface area contributed by atoms with Gasteiger partial charge < -0.3 is 16.2 Å². The van der Waals surface area contributed by atoms with Crippen molar-refractivity contribution >= 4 is 23.1 Å². The van der Waals surface area contributed by atoms with Crippen LogP contribution in [0.5, 0.6) is 0 Å². The van der Waals surface area contributed by atoms with Crippen molar-refractivity contribution in [2.45, 2.75) is 25.8 Å². The quantitative estimate of drug-likeness (QED) is 0.555. The minimum absolute atomic E-state index is 0.274. The van der Waals surface area contributed by atoms with Crippen molar-refractivity contribution in [2.24, 2.45) is 11.5 Å². The molecule has 0 radical (unpaired) electrons. The van der Waals surface area contributed by atoms with E-state index in [2.05, 4.69) is 0 Å². The monoisotopic (exact) mass is 247 g/mol. The van der Waals surface area contributed by atoms with Crippen LogP contribution in [0.25, 0.3) is 0 Å². The van der Waals surface area contributed by atoms with Crippen LogP contribution in [-0.4, -0.2) is 48.6 Å². The lowest BCUT2D eigenvalue weighted by Gasteiger charge is -2.28. The Morgan fingerprint density at radius 1 is 1.44 bits per heavy atom. The van der Waals surface area contributed by atoms with E-state index in [-0.39, 0.29) is 11.9 Å². The number of carbonyl (C=O) groups excluding carboxylic acids is 1. The molecule has 0 aromatic rings. The van der Waals surface area contributed by atoms with Gasteiger partial charge in [0.1, 0.15) is 0 Å². The lowest BCUT2D eigenvalue weighted by atomic mass is 10.1. The Bertz CT molecular complexity index is 236. The zero-order valence-electron chi connectivity index (χ0n) is 9.94. The van der Waals surface area contributed by atoms with E-state index in [9.17, 15) is 4.79 Å². The average molecular weight is 247 g/mol. The lowest BCUT2D eigenvalue weighted by molar-refractivity contribution is -0.123. The Morgan fingerprint density at radius 3 is 2.44 bits per heavy atom. The molecule has 0 aliphatic carbocycles. The van der Waals surface area contributed by atoms with Crippen LogP contribution in [0.4, 0.5) is 0 Å². The fraction of sp³-hybridized carbons (Fsp3) is 0.800. The van der Waals surface area contributed by atoms with Crippen LogP contribution in [0.3, 0.4) is 0 Å². The fourth-order valence-corrected chi connectivity index (χ4v) is 1.62. The van der Waals surface area contributed by atoms with Gasteiger partial charge in [0.25, 0.3) is 0 Å². The summed E-state index contributed by atoms with van der Waals surface area (Å²) in [7, 11) is 1.62. The van der Waals surface area contributed by atoms with Gasteiger partial charge >= 0.3 is 0 Å². The van der Waals surface area contributed by atoms with Gasteiger partial charge in [0.05, 0.1) is 17.6 Å². The zero-order chi connectivity index (χ0) is 12.6. The SMILES string of the molecule is CCC(C(N)=O)N(CCOC)CCC(N)=S. The van der Waals surface area contributed by atoms with Gasteiger partial charge in [-0.05, 0) is 6.42 Å². The van der Waals surface area contributed by atoms with Gasteiger partial charge in [-0.1, -0.05) is 19.1 Å². The number of methoxy groups -OCH3 is 1. The maximum Gasteiger partial charge on any atom is 0.234 e. The molecule has 1 atom stereocenters. The summed E-state index contributed by atoms with van der Waals surface area (Å²) in [5, 5.41) is 0. The van der Waals surface area contributed by atoms with Crippen LogP contribution in [0, 0.1) is 0 Å². The number of primary amides is 1. The first-order chi connectivity index (χ1) is 7.52. The highest BCUT2D eigenvalue weighted by molar-refractivity contribution is 7.80. The molecule has 0 saturated carbocycles. The van der Waals surface area contributed by atoms with Crippen molar-refractivity contribution in [3.05, 3.63) is 0 Å². The van der Waals surface area contributed by atoms with Crippen LogP contribution in [-0.2, 0) is 9.53 Å². The summed E-state index contributed by atoms with van der Waals surface area (Å²) in [6.45, 7) is 3.78. The molecule has 0 aromatic heterocycles. The minimum Gasteiger partial charge on any atom is -0.393 e. The first-order valence-corrected chi connectivity index (χ1v) is 5.74. The summed E-state index contributed by atoms with van der Waals surface area (Å²) in [5.41, 5.74) is 10.8. The summed E-state index contributed by atoms with van der Waals surface area (Å²) in [6.07, 6.45) is 1.26. The molecule has 16 heavy (non-hydrogen) atoms. The van der Waals surface area contributed by atoms with E-state index in [1.54, 1.807) is 7.11 Å². The predicted molar refractivity (Wildman–Crippen MR) is 68.1 cm³/mol. The molecule has 6 heteroatoms. The molecule has 5 nitrogen and oxygen atoms in total. The summed E-state index contributed by atoms with van der Waals surface area (Å²) in [4.78, 5) is 13.7. The number of amides is 1. The molecule has 0 rings (SSSR count). The third-order valence-electron chi connectivity index (χ3n) is 2.38. The summed E-state index contributed by atoms with van der Waals surface area (Å²) in [5.74, 6) is -0.318. The van der Waals surface area contributed by atoms with Crippen molar-refractivity contribution in [1.82, 2.24) is 4.90 Å². The number of carbonyl (C=O) groups is 1. The van der Waals surface area contributed by atoms with Gasteiger partial charge in [0.15, 0.2) is 0 Å². The molecule has 0 heterocycles. The molecule has 0 bridgehead atoms. The van der Waals surface area contributed by atoms with Crippen LogP contribution in [0.15, 0.2) is 0 Å². The van der Waals surface area contributed by atoms with Gasteiger partial charge in [0, 0.05) is 26.6 Å². The number of ether oxygens (including phenoxy) is 1. The molecule has 1 amide bonds. The van der Waals surface area contributed by atoms with E-state index in [1.165, 1.54) is 0 Å². The van der Waals surface area contributed by atoms with Crippen LogP contribution in [0.1, 0.15) is 19.8 Å². The molecular formula is C10H21N3O2S. The Morgan fingerprint density at radius 2 is 2.06 bits per heavy atom. The highest BCUT2D eigenvalue weighted by atomic mass is 32.1. The second kappa shape index (κ2) is 8.43. The zero-order valence-corrected chi connectivity index (χ0v) is 10.8. The number of nitrogens with two attached hydrogens (primary N) is 2. The maximum absolute atomic E-state index is 11.3. The van der Waals surface area contributed by atoms with E-state index >= 15 is 0 Å². The standard InChI is InChI=1S/C10H21N3O2S/c1-3-8(10(12)14)13(6-7-15-2)5-4-9(11)16/h8H,3-7H2,1-2H3,(H2,11,16)(H2,12,14). The van der Waals surface area contributed by atoms with E-state index in [0.29, 0.717) is 37.5 Å². The van der Waals surface area contributed by atoms with Crippen LogP contribution < -0.4 is 11.5 Å². The van der Waals surface area contributed by atoms with Crippen LogP contribution in [0.2, 0.25) is 0 Å². The fourth-order valence-electron chi connectivity index (χ4n) is 1.53. The third-order valence-corrected chi connectivity index (χ3v) is 2.59. The first-order valence-electron chi connectivity index (χ1n) is 5.33. The predicted octanol–water partition coefficient (Wildman–Crippen LogP) is -0.125. The number of hydrogen-bond acceptors (Lipinski definition) is 4. The van der Waals surface area contributed by atoms with Crippen molar-refractivity contribution in [1.29, 1.82) is 0 Å². The molecule has 1 unspecified atom stereocenters. The molecule has 0 aliphatic rings. The van der Waals surface area contributed by atoms with Gasteiger partial charge in [-0.25, -0.2) is 0 Å². The van der Waals surface area contributed by atoms with Gasteiger partial charge in [-0.15, -0.1) is 0 Å². The van der Waals surface area contributed by atoms with E-state index in [0.717, 1.165) is 0 Å².